The molecule has 3 aromatic carbocycles. The van der Waals surface area contributed by atoms with Crippen molar-refractivity contribution >= 4 is 35.4 Å². The quantitative estimate of drug-likeness (QED) is 0.0367. The number of allylic oxidation sites excluding steroid dienone is 6. The van der Waals surface area contributed by atoms with Gasteiger partial charge in [-0.3, -0.25) is 15.0 Å². The van der Waals surface area contributed by atoms with Crippen molar-refractivity contribution in [2.24, 2.45) is 15.0 Å². The number of nitrogens with zero attached hydrogens (tertiary/aromatic N) is 6. The Hall–Kier alpha value is -7.97. The summed E-state index contributed by atoms with van der Waals surface area (Å²) in [5.41, 5.74) is -2.06. The third kappa shape index (κ3) is 13.1. The van der Waals surface area contributed by atoms with Crippen LogP contribution in [-0.4, -0.2) is 38.5 Å². The molecule has 3 aromatic heterocycles. The molecule has 3 aliphatic rings. The molecule has 1 radical (unpaired) electrons. The Balaban J connectivity index is 0.000000190. The number of benzene rings is 3. The van der Waals surface area contributed by atoms with Crippen molar-refractivity contribution in [3.8, 4) is 17.2 Å². The van der Waals surface area contributed by atoms with Crippen molar-refractivity contribution in [3.05, 3.63) is 212 Å². The summed E-state index contributed by atoms with van der Waals surface area (Å²) in [7, 11) is 0. The van der Waals surface area contributed by atoms with Crippen LogP contribution in [0.5, 0.6) is 17.2 Å². The van der Waals surface area contributed by atoms with Crippen LogP contribution in [0.4, 0.5) is 52.7 Å². The summed E-state index contributed by atoms with van der Waals surface area (Å²) in [5.74, 6) is -21.9. The molecule has 0 bridgehead atoms. The van der Waals surface area contributed by atoms with Gasteiger partial charge in [-0.25, -0.2) is 26.3 Å². The molecule has 3 aliphatic heterocycles. The number of aromatic nitrogens is 3. The summed E-state index contributed by atoms with van der Waals surface area (Å²) in [5, 5.41) is 0. The number of halogens is 12. The van der Waals surface area contributed by atoms with Gasteiger partial charge >= 0.3 is 17.1 Å². The Morgan fingerprint density at radius 3 is 0.797 bits per heavy atom. The van der Waals surface area contributed by atoms with Crippen molar-refractivity contribution in [1.29, 1.82) is 0 Å². The van der Waals surface area contributed by atoms with Crippen LogP contribution in [-0.2, 0) is 17.1 Å². The second-order valence-corrected chi connectivity index (χ2v) is 16.7. The Morgan fingerprint density at radius 1 is 0.380 bits per heavy atom. The average Bonchev–Trinajstić information content (AvgIpc) is 4.31. The molecule has 22 heteroatoms. The van der Waals surface area contributed by atoms with Crippen LogP contribution >= 0.6 is 0 Å². The Kier molecular flexibility index (Phi) is 21.4. The van der Waals surface area contributed by atoms with Gasteiger partial charge in [0.05, 0.1) is 53.6 Å². The summed E-state index contributed by atoms with van der Waals surface area (Å²) in [6, 6.07) is 9.06. The minimum Gasteiger partial charge on any atom is -0.664 e. The van der Waals surface area contributed by atoms with Gasteiger partial charge in [0.1, 0.15) is 0 Å². The van der Waals surface area contributed by atoms with E-state index < -0.39 is 104 Å². The van der Waals surface area contributed by atoms with E-state index in [0.717, 1.165) is 0 Å². The number of hydrogen-bond donors (Lipinski definition) is 0. The maximum Gasteiger partial charge on any atom is 3.00 e. The van der Waals surface area contributed by atoms with E-state index in [1.54, 1.807) is 36.4 Å². The first-order valence-corrected chi connectivity index (χ1v) is 24.2. The van der Waals surface area contributed by atoms with Gasteiger partial charge in [-0.05, 0) is 72.4 Å². The Morgan fingerprint density at radius 2 is 0.620 bits per heavy atom. The van der Waals surface area contributed by atoms with Gasteiger partial charge < -0.3 is 29.2 Å². The molecule has 9 rings (SSSR count). The molecule has 9 nitrogen and oxygen atoms in total. The fraction of sp³-hybridized carbons (Fsp3) is 0.211. The van der Waals surface area contributed by atoms with Gasteiger partial charge in [-0.15, -0.1) is 17.1 Å². The molecular weight excluding hydrogens is 1100 g/mol. The van der Waals surface area contributed by atoms with Crippen molar-refractivity contribution in [1.82, 2.24) is 15.0 Å². The van der Waals surface area contributed by atoms with Crippen molar-refractivity contribution < 1.29 is 84.0 Å². The first-order chi connectivity index (χ1) is 37.7. The van der Waals surface area contributed by atoms with E-state index >= 15 is 0 Å². The van der Waals surface area contributed by atoms with Crippen LogP contribution in [0, 0.1) is 69.8 Å². The van der Waals surface area contributed by atoms with E-state index in [1.807, 2.05) is 20.8 Å². The van der Waals surface area contributed by atoms with Crippen LogP contribution in [0.3, 0.4) is 0 Å². The predicted octanol–water partition coefficient (Wildman–Crippen LogP) is 14.3. The van der Waals surface area contributed by atoms with Gasteiger partial charge in [-0.1, -0.05) is 76.4 Å². The number of aliphatic imine (C=N–C) groups is 3. The topological polar surface area (TPSA) is 107 Å². The molecule has 0 N–H and O–H groups in total. The van der Waals surface area contributed by atoms with E-state index in [-0.39, 0.29) is 87.8 Å². The van der Waals surface area contributed by atoms with Gasteiger partial charge in [-0.2, -0.15) is 44.9 Å². The van der Waals surface area contributed by atoms with Crippen molar-refractivity contribution in [3.63, 3.8) is 0 Å². The van der Waals surface area contributed by atoms with Crippen molar-refractivity contribution in [2.45, 2.75) is 59.3 Å². The van der Waals surface area contributed by atoms with E-state index in [0.29, 0.717) is 38.5 Å². The van der Waals surface area contributed by atoms with Gasteiger partial charge in [0, 0.05) is 18.6 Å². The number of rotatable bonds is 18. The molecule has 0 atom stereocenters. The van der Waals surface area contributed by atoms with E-state index in [1.165, 1.54) is 73.7 Å². The molecule has 6 heterocycles. The molecule has 0 saturated carbocycles. The molecule has 0 amide bonds. The second-order valence-electron chi connectivity index (χ2n) is 16.7. The van der Waals surface area contributed by atoms with Crippen LogP contribution < -0.4 is 29.2 Å². The van der Waals surface area contributed by atoms with E-state index in [4.69, 9.17) is 14.2 Å². The van der Waals surface area contributed by atoms with Gasteiger partial charge in [0.15, 0.2) is 52.2 Å². The minimum absolute atomic E-state index is 0. The molecule has 79 heavy (non-hydrogen) atoms. The molecule has 0 saturated heterocycles. The fourth-order valence-electron chi connectivity index (χ4n) is 7.68. The number of unbranched alkanes of at least 4 members (excludes halogenated alkanes) is 3. The SMILES string of the molecule is CCCCOc1c(F)c(F)c(/C(=C2\C=CC=N2)c2ccc[n-]2)c(F)c1F.CCCCOc1c(F)c(F)c(/C(=C2\C=CC=N2)c2ccc[n-]2)c(F)c1F.CCCCOc1c(F)c(F)c(/C(=C2\C=CC=N2)c2ccc[n-]2)c(F)c1F.[Fe+3]. The minimum atomic E-state index is -1.58. The average molecular weight is 1150 g/mol. The van der Waals surface area contributed by atoms with Crippen LogP contribution in [0.1, 0.15) is 93.1 Å². The van der Waals surface area contributed by atoms with Crippen LogP contribution in [0.2, 0.25) is 0 Å². The molecule has 0 spiro atoms. The van der Waals surface area contributed by atoms with E-state index in [2.05, 4.69) is 29.9 Å². The zero-order valence-electron chi connectivity index (χ0n) is 42.1. The Bertz CT molecular complexity index is 2930. The maximum absolute atomic E-state index is 14.7. The molecule has 0 unspecified atom stereocenters. The van der Waals surface area contributed by atoms with Crippen LogP contribution in [0.25, 0.3) is 16.7 Å². The summed E-state index contributed by atoms with van der Waals surface area (Å²) >= 11 is 0. The fourth-order valence-corrected chi connectivity index (χ4v) is 7.68. The summed E-state index contributed by atoms with van der Waals surface area (Å²) in [6.45, 7) is 5.40. The summed E-state index contributed by atoms with van der Waals surface area (Å²) < 4.78 is 189. The molecule has 413 valence electrons. The third-order valence-electron chi connectivity index (χ3n) is 11.5. The predicted molar refractivity (Wildman–Crippen MR) is 270 cm³/mol. The first kappa shape index (κ1) is 60.3. The monoisotopic (exact) mass is 1150 g/mol. The molecular formula is C57H45F12FeN6O3. The largest absolute Gasteiger partial charge is 3.00 e. The maximum atomic E-state index is 14.7. The first-order valence-electron chi connectivity index (χ1n) is 24.2. The van der Waals surface area contributed by atoms with E-state index in [9.17, 15) is 52.7 Å². The molecule has 0 fully saturated rings. The number of ether oxygens (including phenoxy) is 3. The third-order valence-corrected chi connectivity index (χ3v) is 11.5. The normalized spacial score (nSPS) is 14.8. The standard InChI is InChI=1S/3C19H15F4N2O.Fe/c3*1-2-3-10-26-19-17(22)15(20)14(16(21)18(19)23)13(11-6-4-8-24-11)12-7-5-9-25-12;/h3*4-9H,2-3,10H2,1H3;/q3*-1;+3/b3*13-11+;. The second kappa shape index (κ2) is 28.1. The van der Waals surface area contributed by atoms with Crippen LogP contribution in [0.15, 0.2) is 124 Å². The van der Waals surface area contributed by atoms with Gasteiger partial charge in [0.25, 0.3) is 0 Å². The van der Waals surface area contributed by atoms with Crippen molar-refractivity contribution in [2.75, 3.05) is 19.8 Å². The molecule has 6 aromatic rings. The zero-order chi connectivity index (χ0) is 56.0. The summed E-state index contributed by atoms with van der Waals surface area (Å²) in [6.07, 6.45) is 21.1. The zero-order valence-corrected chi connectivity index (χ0v) is 43.2. The Labute approximate surface area is 456 Å². The smallest absolute Gasteiger partial charge is 0.664 e. The number of hydrogen-bond acceptors (Lipinski definition) is 6. The summed E-state index contributed by atoms with van der Waals surface area (Å²) in [4.78, 5) is 23.9. The molecule has 0 aliphatic carbocycles. The van der Waals surface area contributed by atoms with Gasteiger partial charge in [0.2, 0.25) is 34.9 Å².